The van der Waals surface area contributed by atoms with Crippen LogP contribution in [-0.4, -0.2) is 36.0 Å². The van der Waals surface area contributed by atoms with Crippen molar-refractivity contribution in [2.24, 2.45) is 5.41 Å². The lowest BCUT2D eigenvalue weighted by atomic mass is 9.92. The molecule has 0 radical (unpaired) electrons. The zero-order valence-electron chi connectivity index (χ0n) is 21.4. The number of rotatable bonds is 5. The number of carbonyl (C=O) groups is 1. The molecule has 8 nitrogen and oxygen atoms in total. The molecule has 0 saturated carbocycles. The van der Waals surface area contributed by atoms with Crippen molar-refractivity contribution in [1.29, 1.82) is 0 Å². The predicted octanol–water partition coefficient (Wildman–Crippen LogP) is 6.60. The predicted molar refractivity (Wildman–Crippen MR) is 150 cm³/mol. The minimum Gasteiger partial charge on any atom is -0.353 e. The molecule has 0 aliphatic rings. The number of pyridine rings is 3. The molecule has 0 aliphatic carbocycles. The number of anilines is 1. The molecular formula is C30H27N7O. The van der Waals surface area contributed by atoms with E-state index in [2.05, 4.69) is 48.7 Å². The lowest BCUT2D eigenvalue weighted by Crippen LogP contribution is -2.20. The van der Waals surface area contributed by atoms with E-state index in [0.717, 1.165) is 55.7 Å². The second-order valence-electron chi connectivity index (χ2n) is 10.6. The van der Waals surface area contributed by atoms with Crippen molar-refractivity contribution in [1.82, 2.24) is 30.1 Å². The summed E-state index contributed by atoms with van der Waals surface area (Å²) in [4.78, 5) is 29.3. The molecule has 0 saturated heterocycles. The Morgan fingerprint density at radius 2 is 1.79 bits per heavy atom. The monoisotopic (exact) mass is 501 g/mol. The van der Waals surface area contributed by atoms with Crippen LogP contribution >= 0.6 is 0 Å². The van der Waals surface area contributed by atoms with Crippen LogP contribution < -0.4 is 5.32 Å². The first kappa shape index (κ1) is 23.5. The Labute approximate surface area is 219 Å². The molecule has 0 atom stereocenters. The van der Waals surface area contributed by atoms with Gasteiger partial charge in [-0.2, -0.15) is 5.10 Å². The maximum absolute atomic E-state index is 12.3. The number of aromatic nitrogens is 6. The summed E-state index contributed by atoms with van der Waals surface area (Å²) in [6, 6.07) is 20.0. The fourth-order valence-corrected chi connectivity index (χ4v) is 4.60. The first-order chi connectivity index (χ1) is 18.3. The number of hydrogen-bond acceptors (Lipinski definition) is 5. The van der Waals surface area contributed by atoms with Crippen molar-refractivity contribution in [2.45, 2.75) is 27.2 Å². The van der Waals surface area contributed by atoms with Gasteiger partial charge in [-0.3, -0.25) is 14.9 Å². The fraction of sp³-hybridized carbons (Fsp3) is 0.167. The second kappa shape index (κ2) is 9.23. The standard InChI is InChI=1S/C30H27N7O/c1-30(2,3)16-27(38)35-26-10-7-19(17-32-26)22-8-9-24-28(34-22)29(37-36-24)25-15-21-20(5-4-6-23(21)33-25)18-11-13-31-14-12-18/h4-15,17,33H,16H2,1-3H3,(H,36,37)(H,32,35,38). The van der Waals surface area contributed by atoms with Crippen LogP contribution in [0.4, 0.5) is 5.82 Å². The number of carbonyl (C=O) groups excluding carboxylic acids is 1. The molecule has 38 heavy (non-hydrogen) atoms. The van der Waals surface area contributed by atoms with Crippen molar-refractivity contribution in [3.05, 3.63) is 79.3 Å². The molecule has 3 N–H and O–H groups in total. The fourth-order valence-electron chi connectivity index (χ4n) is 4.60. The molecule has 8 heteroatoms. The molecule has 1 aromatic carbocycles. The Balaban J connectivity index is 1.32. The molecule has 6 rings (SSSR count). The number of aromatic amines is 2. The summed E-state index contributed by atoms with van der Waals surface area (Å²) in [5.41, 5.74) is 8.03. The molecule has 0 fully saturated rings. The van der Waals surface area contributed by atoms with E-state index < -0.39 is 0 Å². The summed E-state index contributed by atoms with van der Waals surface area (Å²) in [5.74, 6) is 0.474. The molecule has 6 aromatic rings. The van der Waals surface area contributed by atoms with Gasteiger partial charge in [0.1, 0.15) is 17.0 Å². The first-order valence-corrected chi connectivity index (χ1v) is 12.5. The number of amides is 1. The molecule has 188 valence electrons. The summed E-state index contributed by atoms with van der Waals surface area (Å²) < 4.78 is 0. The Morgan fingerprint density at radius 3 is 2.55 bits per heavy atom. The summed E-state index contributed by atoms with van der Waals surface area (Å²) >= 11 is 0. The van der Waals surface area contributed by atoms with Crippen molar-refractivity contribution in [2.75, 3.05) is 5.32 Å². The zero-order valence-corrected chi connectivity index (χ0v) is 21.4. The van der Waals surface area contributed by atoms with Gasteiger partial charge in [0.15, 0.2) is 0 Å². The highest BCUT2D eigenvalue weighted by Gasteiger charge is 2.17. The largest absolute Gasteiger partial charge is 0.353 e. The van der Waals surface area contributed by atoms with E-state index in [4.69, 9.17) is 4.98 Å². The first-order valence-electron chi connectivity index (χ1n) is 12.5. The van der Waals surface area contributed by atoms with Crippen molar-refractivity contribution in [3.8, 4) is 33.8 Å². The van der Waals surface area contributed by atoms with E-state index in [0.29, 0.717) is 12.2 Å². The average molecular weight is 502 g/mol. The van der Waals surface area contributed by atoms with Crippen LogP contribution in [0, 0.1) is 5.41 Å². The van der Waals surface area contributed by atoms with Gasteiger partial charge in [-0.05, 0) is 65.1 Å². The van der Waals surface area contributed by atoms with Crippen LogP contribution in [0.2, 0.25) is 0 Å². The van der Waals surface area contributed by atoms with Gasteiger partial charge in [0, 0.05) is 41.5 Å². The Kier molecular flexibility index (Phi) is 5.72. The van der Waals surface area contributed by atoms with Gasteiger partial charge in [0.05, 0.1) is 16.9 Å². The highest BCUT2D eigenvalue weighted by atomic mass is 16.1. The van der Waals surface area contributed by atoms with Crippen LogP contribution in [0.3, 0.4) is 0 Å². The number of hydrogen-bond donors (Lipinski definition) is 3. The molecule has 5 aromatic heterocycles. The summed E-state index contributed by atoms with van der Waals surface area (Å²) in [7, 11) is 0. The van der Waals surface area contributed by atoms with Crippen molar-refractivity contribution < 1.29 is 4.79 Å². The maximum atomic E-state index is 12.3. The van der Waals surface area contributed by atoms with Gasteiger partial charge >= 0.3 is 0 Å². The highest BCUT2D eigenvalue weighted by Crippen LogP contribution is 2.34. The molecular weight excluding hydrogens is 474 g/mol. The Bertz CT molecular complexity index is 1760. The molecule has 1 amide bonds. The number of H-pyrrole nitrogens is 2. The van der Waals surface area contributed by atoms with E-state index in [1.165, 1.54) is 0 Å². The van der Waals surface area contributed by atoms with Gasteiger partial charge in [0.2, 0.25) is 5.91 Å². The van der Waals surface area contributed by atoms with Gasteiger partial charge in [-0.1, -0.05) is 32.9 Å². The van der Waals surface area contributed by atoms with Crippen LogP contribution in [0.5, 0.6) is 0 Å². The van der Waals surface area contributed by atoms with Crippen molar-refractivity contribution >= 4 is 33.7 Å². The van der Waals surface area contributed by atoms with E-state index in [1.54, 1.807) is 24.7 Å². The third-order valence-corrected chi connectivity index (χ3v) is 6.34. The van der Waals surface area contributed by atoms with E-state index >= 15 is 0 Å². The lowest BCUT2D eigenvalue weighted by Gasteiger charge is -2.17. The third kappa shape index (κ3) is 4.64. The smallest absolute Gasteiger partial charge is 0.226 e. The van der Waals surface area contributed by atoms with Crippen LogP contribution in [0.1, 0.15) is 27.2 Å². The third-order valence-electron chi connectivity index (χ3n) is 6.34. The Morgan fingerprint density at radius 1 is 0.947 bits per heavy atom. The topological polar surface area (TPSA) is 112 Å². The SMILES string of the molecule is CC(C)(C)CC(=O)Nc1ccc(-c2ccc3[nH]nc(-c4cc5c(-c6ccncc6)cccc5[nH]4)c3n2)cn1. The maximum Gasteiger partial charge on any atom is 0.226 e. The van der Waals surface area contributed by atoms with Gasteiger partial charge in [0.25, 0.3) is 0 Å². The minimum atomic E-state index is -0.0861. The van der Waals surface area contributed by atoms with Gasteiger partial charge in [-0.25, -0.2) is 9.97 Å². The summed E-state index contributed by atoms with van der Waals surface area (Å²) in [5, 5.41) is 11.7. The average Bonchev–Trinajstić information content (AvgIpc) is 3.52. The zero-order chi connectivity index (χ0) is 26.3. The number of nitrogens with one attached hydrogen (secondary N) is 3. The Hall–Kier alpha value is -4.85. The number of nitrogens with zero attached hydrogens (tertiary/aromatic N) is 4. The van der Waals surface area contributed by atoms with Gasteiger partial charge in [-0.15, -0.1) is 0 Å². The normalized spacial score (nSPS) is 11.8. The molecule has 0 unspecified atom stereocenters. The highest BCUT2D eigenvalue weighted by molar-refractivity contribution is 6.00. The number of benzene rings is 1. The quantitative estimate of drug-likeness (QED) is 0.246. The minimum absolute atomic E-state index is 0.0502. The molecule has 5 heterocycles. The lowest BCUT2D eigenvalue weighted by molar-refractivity contribution is -0.117. The van der Waals surface area contributed by atoms with E-state index in [9.17, 15) is 4.79 Å². The summed E-state index contributed by atoms with van der Waals surface area (Å²) in [6.45, 7) is 6.10. The number of fused-ring (bicyclic) bond motifs is 2. The molecule has 0 aliphatic heterocycles. The van der Waals surface area contributed by atoms with Gasteiger partial charge < -0.3 is 10.3 Å². The van der Waals surface area contributed by atoms with E-state index in [1.807, 2.05) is 57.2 Å². The summed E-state index contributed by atoms with van der Waals surface area (Å²) in [6.07, 6.45) is 5.76. The van der Waals surface area contributed by atoms with Crippen molar-refractivity contribution in [3.63, 3.8) is 0 Å². The molecule has 0 bridgehead atoms. The van der Waals surface area contributed by atoms with Crippen LogP contribution in [-0.2, 0) is 4.79 Å². The van der Waals surface area contributed by atoms with Crippen LogP contribution in [0.15, 0.2) is 79.3 Å². The molecule has 0 spiro atoms. The van der Waals surface area contributed by atoms with Crippen LogP contribution in [0.25, 0.3) is 55.7 Å². The van der Waals surface area contributed by atoms with E-state index in [-0.39, 0.29) is 11.3 Å². The second-order valence-corrected chi connectivity index (χ2v) is 10.6.